The number of hydrogen-bond acceptors (Lipinski definition) is 7. The number of ether oxygens (including phenoxy) is 1. The van der Waals surface area contributed by atoms with Crippen LogP contribution in [0.15, 0.2) is 61.1 Å². The van der Waals surface area contributed by atoms with E-state index in [1.807, 2.05) is 26.0 Å². The first-order chi connectivity index (χ1) is 19.2. The molecule has 206 valence electrons. The van der Waals surface area contributed by atoms with Gasteiger partial charge < -0.3 is 15.4 Å². The summed E-state index contributed by atoms with van der Waals surface area (Å²) < 4.78 is 34.4. The standard InChI is InChI=1S/C29H29F2N7O2/c1-29(2,32)18-12-24(17-4-6-19(31)7-5-17)35-25(13-18)40-26-20-14-37(15-21(20)26)27(39)22-16-38(36-23(22)8-9-30)28-33-10-3-11-34-28/h3-7,10-13,16,20-21,26H,8-9,14-15,32H2,1-2H3. The molecule has 1 amide bonds. The zero-order valence-corrected chi connectivity index (χ0v) is 22.2. The van der Waals surface area contributed by atoms with Crippen LogP contribution in [0.5, 0.6) is 5.88 Å². The summed E-state index contributed by atoms with van der Waals surface area (Å²) >= 11 is 0. The van der Waals surface area contributed by atoms with Crippen LogP contribution in [0.3, 0.4) is 0 Å². The van der Waals surface area contributed by atoms with E-state index in [1.165, 1.54) is 16.8 Å². The quantitative estimate of drug-likeness (QED) is 0.359. The SMILES string of the molecule is CC(C)(N)c1cc(OC2C3CN(C(=O)c4cn(-c5ncccn5)nc4CCF)CC32)nc(-c2ccc(F)cc2)c1. The summed E-state index contributed by atoms with van der Waals surface area (Å²) in [6.45, 7) is 4.21. The molecule has 11 heteroatoms. The zero-order valence-electron chi connectivity index (χ0n) is 22.2. The highest BCUT2D eigenvalue weighted by molar-refractivity contribution is 5.95. The van der Waals surface area contributed by atoms with E-state index < -0.39 is 12.2 Å². The number of pyridine rings is 1. The molecule has 3 aromatic heterocycles. The van der Waals surface area contributed by atoms with Gasteiger partial charge in [-0.1, -0.05) is 0 Å². The number of rotatable bonds is 8. The van der Waals surface area contributed by atoms with Gasteiger partial charge >= 0.3 is 0 Å². The summed E-state index contributed by atoms with van der Waals surface area (Å²) in [6, 6.07) is 11.6. The van der Waals surface area contributed by atoms with Gasteiger partial charge in [-0.3, -0.25) is 9.18 Å². The van der Waals surface area contributed by atoms with E-state index in [0.717, 1.165) is 11.1 Å². The number of aromatic nitrogens is 5. The monoisotopic (exact) mass is 545 g/mol. The molecule has 2 fully saturated rings. The molecule has 1 aromatic carbocycles. The molecule has 1 saturated carbocycles. The maximum Gasteiger partial charge on any atom is 0.257 e. The summed E-state index contributed by atoms with van der Waals surface area (Å²) in [5.74, 6) is 0.563. The lowest BCUT2D eigenvalue weighted by molar-refractivity contribution is 0.0750. The second kappa shape index (κ2) is 10.1. The average Bonchev–Trinajstić information content (AvgIpc) is 3.26. The van der Waals surface area contributed by atoms with Crippen molar-refractivity contribution in [1.82, 2.24) is 29.6 Å². The number of benzene rings is 1. The number of aryl methyl sites for hydroxylation is 1. The minimum atomic E-state index is -0.634. The Balaban J connectivity index is 1.17. The van der Waals surface area contributed by atoms with Crippen LogP contribution in [-0.2, 0) is 12.0 Å². The number of halogens is 2. The lowest BCUT2D eigenvalue weighted by Crippen LogP contribution is -2.33. The van der Waals surface area contributed by atoms with Gasteiger partial charge in [-0.05, 0) is 55.8 Å². The molecule has 2 N–H and O–H groups in total. The van der Waals surface area contributed by atoms with Crippen molar-refractivity contribution in [3.05, 3.63) is 83.7 Å². The van der Waals surface area contributed by atoms with E-state index in [-0.39, 0.29) is 36.1 Å². The molecular formula is C29H29F2N7O2. The summed E-state index contributed by atoms with van der Waals surface area (Å²) in [5, 5.41) is 4.37. The van der Waals surface area contributed by atoms with Crippen LogP contribution in [0, 0.1) is 17.7 Å². The smallest absolute Gasteiger partial charge is 0.257 e. The molecule has 9 nitrogen and oxygen atoms in total. The Labute approximate surface area is 230 Å². The van der Waals surface area contributed by atoms with Crippen molar-refractivity contribution in [1.29, 1.82) is 0 Å². The van der Waals surface area contributed by atoms with Crippen LogP contribution in [-0.4, -0.2) is 61.4 Å². The molecule has 1 saturated heterocycles. The van der Waals surface area contributed by atoms with Crippen LogP contribution in [0.25, 0.3) is 17.2 Å². The highest BCUT2D eigenvalue weighted by atomic mass is 19.1. The Kier molecular flexibility index (Phi) is 6.53. The topological polar surface area (TPSA) is 112 Å². The van der Waals surface area contributed by atoms with Gasteiger partial charge in [-0.25, -0.2) is 24.0 Å². The van der Waals surface area contributed by atoms with Gasteiger partial charge in [0.05, 0.1) is 23.6 Å². The molecule has 4 aromatic rings. The van der Waals surface area contributed by atoms with Crippen LogP contribution >= 0.6 is 0 Å². The summed E-state index contributed by atoms with van der Waals surface area (Å²) in [4.78, 5) is 28.2. The normalized spacial score (nSPS) is 19.9. The predicted molar refractivity (Wildman–Crippen MR) is 143 cm³/mol. The van der Waals surface area contributed by atoms with Gasteiger partial charge in [-0.2, -0.15) is 5.10 Å². The van der Waals surface area contributed by atoms with Crippen molar-refractivity contribution in [3.8, 4) is 23.1 Å². The first kappa shape index (κ1) is 26.0. The molecule has 0 spiro atoms. The van der Waals surface area contributed by atoms with Crippen LogP contribution in [0.1, 0.15) is 35.5 Å². The third-order valence-corrected chi connectivity index (χ3v) is 7.45. The van der Waals surface area contributed by atoms with Gasteiger partial charge in [0.1, 0.15) is 11.9 Å². The lowest BCUT2D eigenvalue weighted by Gasteiger charge is -2.22. The lowest BCUT2D eigenvalue weighted by atomic mass is 9.95. The number of fused-ring (bicyclic) bond motifs is 1. The summed E-state index contributed by atoms with van der Waals surface area (Å²) in [7, 11) is 0. The minimum absolute atomic E-state index is 0.0310. The number of likely N-dealkylation sites (tertiary alicyclic amines) is 1. The average molecular weight is 546 g/mol. The van der Waals surface area contributed by atoms with E-state index in [2.05, 4.69) is 20.1 Å². The molecule has 0 bridgehead atoms. The largest absolute Gasteiger partial charge is 0.474 e. The number of nitrogens with zero attached hydrogens (tertiary/aromatic N) is 6. The Morgan fingerprint density at radius 2 is 1.82 bits per heavy atom. The van der Waals surface area contributed by atoms with E-state index in [0.29, 0.717) is 41.9 Å². The van der Waals surface area contributed by atoms with Crippen molar-refractivity contribution < 1.29 is 18.3 Å². The second-order valence-corrected chi connectivity index (χ2v) is 10.9. The van der Waals surface area contributed by atoms with E-state index in [9.17, 15) is 13.6 Å². The fraction of sp³-hybridized carbons (Fsp3) is 0.345. The maximum absolute atomic E-state index is 13.5. The Morgan fingerprint density at radius 1 is 1.12 bits per heavy atom. The van der Waals surface area contributed by atoms with Gasteiger partial charge in [-0.15, -0.1) is 0 Å². The van der Waals surface area contributed by atoms with E-state index >= 15 is 0 Å². The Bertz CT molecular complexity index is 1520. The van der Waals surface area contributed by atoms with Crippen LogP contribution in [0.4, 0.5) is 8.78 Å². The number of hydrogen-bond donors (Lipinski definition) is 1. The fourth-order valence-electron chi connectivity index (χ4n) is 5.20. The highest BCUT2D eigenvalue weighted by Crippen LogP contribution is 2.48. The molecule has 6 rings (SSSR count). The number of piperidine rings is 1. The van der Waals surface area contributed by atoms with Gasteiger partial charge in [0, 0.05) is 67.1 Å². The fourth-order valence-corrected chi connectivity index (χ4v) is 5.20. The molecule has 0 radical (unpaired) electrons. The Hall–Kier alpha value is -4.25. The highest BCUT2D eigenvalue weighted by Gasteiger charge is 2.59. The van der Waals surface area contributed by atoms with E-state index in [1.54, 1.807) is 41.7 Å². The van der Waals surface area contributed by atoms with Crippen molar-refractivity contribution in [2.45, 2.75) is 31.9 Å². The first-order valence-corrected chi connectivity index (χ1v) is 13.2. The van der Waals surface area contributed by atoms with Crippen molar-refractivity contribution >= 4 is 5.91 Å². The molecule has 2 atom stereocenters. The zero-order chi connectivity index (χ0) is 28.0. The third-order valence-electron chi connectivity index (χ3n) is 7.45. The number of carbonyl (C=O) groups is 1. The van der Waals surface area contributed by atoms with Crippen molar-refractivity contribution in [3.63, 3.8) is 0 Å². The van der Waals surface area contributed by atoms with Gasteiger partial charge in [0.15, 0.2) is 0 Å². The summed E-state index contributed by atoms with van der Waals surface area (Å²) in [5.41, 5.74) is 8.74. The van der Waals surface area contributed by atoms with Crippen molar-refractivity contribution in [2.24, 2.45) is 17.6 Å². The molecule has 2 aliphatic rings. The Morgan fingerprint density at radius 3 is 2.48 bits per heavy atom. The molecule has 1 aliphatic carbocycles. The molecular weight excluding hydrogens is 516 g/mol. The third kappa shape index (κ3) is 5.04. The second-order valence-electron chi connectivity index (χ2n) is 10.9. The van der Waals surface area contributed by atoms with E-state index in [4.69, 9.17) is 10.5 Å². The number of alkyl halides is 1. The van der Waals surface area contributed by atoms with Gasteiger partial charge in [0.2, 0.25) is 11.8 Å². The molecule has 40 heavy (non-hydrogen) atoms. The number of nitrogens with two attached hydrogens (primary N) is 1. The molecule has 1 aliphatic heterocycles. The van der Waals surface area contributed by atoms with Crippen LogP contribution in [0.2, 0.25) is 0 Å². The molecule has 4 heterocycles. The number of carbonyl (C=O) groups excluding carboxylic acids is 1. The van der Waals surface area contributed by atoms with Gasteiger partial charge in [0.25, 0.3) is 5.91 Å². The minimum Gasteiger partial charge on any atom is -0.474 e. The van der Waals surface area contributed by atoms with Crippen molar-refractivity contribution in [2.75, 3.05) is 19.8 Å². The predicted octanol–water partition coefficient (Wildman–Crippen LogP) is 3.72. The molecule has 2 unspecified atom stereocenters. The first-order valence-electron chi connectivity index (χ1n) is 13.2. The summed E-state index contributed by atoms with van der Waals surface area (Å²) in [6.07, 6.45) is 4.68. The maximum atomic E-state index is 13.5. The van der Waals surface area contributed by atoms with Crippen LogP contribution < -0.4 is 10.5 Å². The number of amides is 1.